The monoisotopic (exact) mass is 482 g/mol. The Morgan fingerprint density at radius 3 is 2.74 bits per heavy atom. The van der Waals surface area contributed by atoms with Gasteiger partial charge in [-0.3, -0.25) is 4.79 Å². The van der Waals surface area contributed by atoms with Crippen LogP contribution in [0, 0.1) is 5.92 Å². The maximum Gasteiger partial charge on any atom is 0.288 e. The molecule has 2 aromatic carbocycles. The van der Waals surface area contributed by atoms with E-state index in [2.05, 4.69) is 20.1 Å². The first-order valence-corrected chi connectivity index (χ1v) is 12.0. The Bertz CT molecular complexity index is 1650. The molecule has 0 fully saturated rings. The number of sulfonamides is 1. The molecule has 0 amide bonds. The van der Waals surface area contributed by atoms with Gasteiger partial charge in [0.05, 0.1) is 17.7 Å². The number of oxazole rings is 1. The number of nitrogens with two attached hydrogens (primary N) is 1. The second kappa shape index (κ2) is 7.85. The number of para-hydroxylation sites is 1. The fraction of sp³-hybridized carbons (Fsp3) is 0.227. The van der Waals surface area contributed by atoms with Crippen LogP contribution in [0.1, 0.15) is 25.3 Å². The number of hydrogen-bond donors (Lipinski definition) is 4. The number of aromatic hydroxyl groups is 1. The van der Waals surface area contributed by atoms with Gasteiger partial charge in [-0.15, -0.1) is 4.40 Å². The standard InChI is InChI=1S/C22H22N6O5S/c1-11(2)10-24-28-14-6-4-3-5-12(14)19(29)17(22(28)30)21-25-13-7-8-15-18(26-16(9-23)33-15)20(13)34(31,32)27-21/h3-8,11,24,29H,9-10,23H2,1-2H3,(H,25,27). The van der Waals surface area contributed by atoms with Crippen molar-refractivity contribution >= 4 is 43.5 Å². The van der Waals surface area contributed by atoms with Crippen molar-refractivity contribution in [3.63, 3.8) is 0 Å². The van der Waals surface area contributed by atoms with Crippen molar-refractivity contribution in [2.24, 2.45) is 16.0 Å². The van der Waals surface area contributed by atoms with E-state index in [0.717, 1.165) is 0 Å². The quantitative estimate of drug-likeness (QED) is 0.333. The molecular weight excluding hydrogens is 460 g/mol. The van der Waals surface area contributed by atoms with Gasteiger partial charge in [-0.1, -0.05) is 26.0 Å². The molecule has 5 N–H and O–H groups in total. The number of fused-ring (bicyclic) bond motifs is 4. The molecule has 0 saturated carbocycles. The average molecular weight is 483 g/mol. The van der Waals surface area contributed by atoms with E-state index in [1.807, 2.05) is 13.8 Å². The van der Waals surface area contributed by atoms with E-state index in [1.165, 1.54) is 10.7 Å². The summed E-state index contributed by atoms with van der Waals surface area (Å²) < 4.78 is 37.0. The third kappa shape index (κ3) is 3.38. The molecule has 0 saturated heterocycles. The average Bonchev–Trinajstić information content (AvgIpc) is 3.21. The molecule has 176 valence electrons. The van der Waals surface area contributed by atoms with Gasteiger partial charge in [0.15, 0.2) is 11.4 Å². The lowest BCUT2D eigenvalue weighted by atomic mass is 10.1. The van der Waals surface area contributed by atoms with Crippen molar-refractivity contribution < 1.29 is 17.9 Å². The number of nitrogens with zero attached hydrogens (tertiary/aromatic N) is 3. The van der Waals surface area contributed by atoms with E-state index in [9.17, 15) is 18.3 Å². The van der Waals surface area contributed by atoms with Gasteiger partial charge in [0.25, 0.3) is 15.6 Å². The molecule has 0 radical (unpaired) electrons. The summed E-state index contributed by atoms with van der Waals surface area (Å²) in [7, 11) is -4.30. The van der Waals surface area contributed by atoms with Gasteiger partial charge in [0.1, 0.15) is 21.7 Å². The highest BCUT2D eigenvalue weighted by Gasteiger charge is 2.33. The minimum absolute atomic E-state index is 0.000666. The highest BCUT2D eigenvalue weighted by molar-refractivity contribution is 7.90. The summed E-state index contributed by atoms with van der Waals surface area (Å²) in [6.07, 6.45) is 0. The van der Waals surface area contributed by atoms with Crippen molar-refractivity contribution in [1.29, 1.82) is 0 Å². The second-order valence-electron chi connectivity index (χ2n) is 8.28. The predicted molar refractivity (Wildman–Crippen MR) is 128 cm³/mol. The first-order valence-electron chi connectivity index (χ1n) is 10.6. The maximum absolute atomic E-state index is 13.5. The van der Waals surface area contributed by atoms with Crippen molar-refractivity contribution in [1.82, 2.24) is 9.66 Å². The summed E-state index contributed by atoms with van der Waals surface area (Å²) in [6, 6.07) is 9.82. The highest BCUT2D eigenvalue weighted by atomic mass is 32.2. The Kier molecular flexibility index (Phi) is 5.06. The van der Waals surface area contributed by atoms with Crippen LogP contribution >= 0.6 is 0 Å². The van der Waals surface area contributed by atoms with E-state index in [-0.39, 0.29) is 57.2 Å². The van der Waals surface area contributed by atoms with E-state index in [1.54, 1.807) is 30.3 Å². The number of benzene rings is 2. The van der Waals surface area contributed by atoms with Gasteiger partial charge in [0.2, 0.25) is 5.89 Å². The normalized spacial score (nSPS) is 14.8. The van der Waals surface area contributed by atoms with Crippen LogP contribution in [0.4, 0.5) is 5.69 Å². The zero-order chi connectivity index (χ0) is 24.2. The van der Waals surface area contributed by atoms with Gasteiger partial charge in [-0.05, 0) is 30.2 Å². The van der Waals surface area contributed by atoms with E-state index >= 15 is 0 Å². The molecule has 34 heavy (non-hydrogen) atoms. The third-order valence-electron chi connectivity index (χ3n) is 5.40. The summed E-state index contributed by atoms with van der Waals surface area (Å²) in [5, 5.41) is 14.3. The van der Waals surface area contributed by atoms with Crippen molar-refractivity contribution in [3.8, 4) is 5.75 Å². The number of pyridine rings is 1. The van der Waals surface area contributed by atoms with Gasteiger partial charge in [-0.25, -0.2) is 9.66 Å². The number of anilines is 1. The summed E-state index contributed by atoms with van der Waals surface area (Å²) in [4.78, 5) is 17.5. The molecule has 1 aliphatic rings. The van der Waals surface area contributed by atoms with Gasteiger partial charge in [0, 0.05) is 11.9 Å². The van der Waals surface area contributed by atoms with Crippen molar-refractivity contribution in [2.75, 3.05) is 17.3 Å². The number of aromatic nitrogens is 2. The van der Waals surface area contributed by atoms with Crippen molar-refractivity contribution in [2.45, 2.75) is 25.3 Å². The lowest BCUT2D eigenvalue weighted by Gasteiger charge is -2.21. The molecule has 4 aromatic rings. The minimum atomic E-state index is -4.30. The second-order valence-corrected chi connectivity index (χ2v) is 9.82. The molecule has 2 aromatic heterocycles. The van der Waals surface area contributed by atoms with Crippen LogP contribution in [0.5, 0.6) is 5.75 Å². The minimum Gasteiger partial charge on any atom is -0.506 e. The molecule has 0 bridgehead atoms. The molecule has 3 heterocycles. The Morgan fingerprint density at radius 2 is 2.00 bits per heavy atom. The maximum atomic E-state index is 13.5. The lowest BCUT2D eigenvalue weighted by Crippen LogP contribution is -2.37. The molecule has 11 nitrogen and oxygen atoms in total. The number of nitrogens with one attached hydrogen (secondary N) is 2. The fourth-order valence-corrected chi connectivity index (χ4v) is 5.11. The third-order valence-corrected chi connectivity index (χ3v) is 6.76. The molecule has 1 aliphatic heterocycles. The smallest absolute Gasteiger partial charge is 0.288 e. The SMILES string of the molecule is CC(C)CNn1c(=O)c(C2=NS(=O)(=O)c3c(ccc4oc(CN)nc34)N2)c(O)c2ccccc21. The highest BCUT2D eigenvalue weighted by Crippen LogP contribution is 2.36. The van der Waals surface area contributed by atoms with Gasteiger partial charge < -0.3 is 26.0 Å². The zero-order valence-corrected chi connectivity index (χ0v) is 19.2. The lowest BCUT2D eigenvalue weighted by molar-refractivity contribution is 0.478. The fourth-order valence-electron chi connectivity index (χ4n) is 3.86. The molecule has 5 rings (SSSR count). The van der Waals surface area contributed by atoms with Crippen LogP contribution in [-0.2, 0) is 16.6 Å². The van der Waals surface area contributed by atoms with Crippen LogP contribution in [-0.4, -0.2) is 35.6 Å². The molecule has 0 spiro atoms. The predicted octanol–water partition coefficient (Wildman–Crippen LogP) is 2.07. The van der Waals surface area contributed by atoms with E-state index < -0.39 is 15.6 Å². The van der Waals surface area contributed by atoms with E-state index in [0.29, 0.717) is 17.4 Å². The summed E-state index contributed by atoms with van der Waals surface area (Å²) in [5.41, 5.74) is 8.66. The summed E-state index contributed by atoms with van der Waals surface area (Å²) >= 11 is 0. The topological polar surface area (TPSA) is 165 Å². The molecule has 0 atom stereocenters. The largest absolute Gasteiger partial charge is 0.506 e. The Hall–Kier alpha value is -3.90. The summed E-state index contributed by atoms with van der Waals surface area (Å²) in [6.45, 7) is 4.44. The van der Waals surface area contributed by atoms with E-state index in [4.69, 9.17) is 10.2 Å². The van der Waals surface area contributed by atoms with Crippen LogP contribution in [0.15, 0.2) is 54.9 Å². The first-order chi connectivity index (χ1) is 16.2. The van der Waals surface area contributed by atoms with Crippen LogP contribution in [0.3, 0.4) is 0 Å². The Morgan fingerprint density at radius 1 is 1.24 bits per heavy atom. The van der Waals surface area contributed by atoms with Crippen LogP contribution in [0.25, 0.3) is 22.0 Å². The first kappa shape index (κ1) is 21.9. The van der Waals surface area contributed by atoms with Crippen LogP contribution < -0.4 is 22.0 Å². The number of hydrogen-bond acceptors (Lipinski definition) is 9. The molecule has 12 heteroatoms. The van der Waals surface area contributed by atoms with Crippen LogP contribution in [0.2, 0.25) is 0 Å². The molecular formula is C22H22N6O5S. The molecule has 0 unspecified atom stereocenters. The van der Waals surface area contributed by atoms with Gasteiger partial charge in [-0.2, -0.15) is 8.42 Å². The Balaban J connectivity index is 1.74. The Labute approximate surface area is 194 Å². The zero-order valence-electron chi connectivity index (χ0n) is 18.4. The number of amidine groups is 1. The summed E-state index contributed by atoms with van der Waals surface area (Å²) in [5.74, 6) is -0.257. The number of rotatable bonds is 5. The van der Waals surface area contributed by atoms with Crippen molar-refractivity contribution in [3.05, 3.63) is 58.2 Å². The van der Waals surface area contributed by atoms with Gasteiger partial charge >= 0.3 is 0 Å². The molecule has 0 aliphatic carbocycles.